The van der Waals surface area contributed by atoms with Crippen LogP contribution in [0.1, 0.15) is 6.42 Å². The van der Waals surface area contributed by atoms with E-state index in [1.165, 1.54) is 13.2 Å². The third-order valence-corrected chi connectivity index (χ3v) is 5.49. The summed E-state index contributed by atoms with van der Waals surface area (Å²) in [4.78, 5) is 17.0. The number of halogens is 1. The highest BCUT2D eigenvalue weighted by atomic mass is 19.1. The maximum absolute atomic E-state index is 14.2. The maximum Gasteiger partial charge on any atom is 0.250 e. The number of fused-ring (bicyclic) bond motifs is 1. The smallest absolute Gasteiger partial charge is 0.250 e. The molecule has 2 aliphatic heterocycles. The Morgan fingerprint density at radius 3 is 2.84 bits per heavy atom. The van der Waals surface area contributed by atoms with Crippen LogP contribution in [-0.2, 0) is 7.05 Å². The Kier molecular flexibility index (Phi) is 4.97. The molecule has 1 saturated heterocycles. The Morgan fingerprint density at radius 1 is 1.16 bits per heavy atom. The lowest BCUT2D eigenvalue weighted by molar-refractivity contribution is 0.214. The van der Waals surface area contributed by atoms with Crippen LogP contribution in [0.25, 0.3) is 0 Å². The van der Waals surface area contributed by atoms with Crippen molar-refractivity contribution in [3.05, 3.63) is 42.7 Å². The van der Waals surface area contributed by atoms with Crippen LogP contribution >= 0.6 is 0 Å². The molecule has 3 aromatic heterocycles. The van der Waals surface area contributed by atoms with Crippen molar-refractivity contribution in [3.63, 3.8) is 0 Å². The lowest BCUT2D eigenvalue weighted by Crippen LogP contribution is -2.29. The Morgan fingerprint density at radius 2 is 2.06 bits per heavy atom. The lowest BCUT2D eigenvalue weighted by Gasteiger charge is -2.31. The van der Waals surface area contributed by atoms with E-state index < -0.39 is 5.82 Å². The van der Waals surface area contributed by atoms with E-state index in [0.29, 0.717) is 30.5 Å². The number of methoxy groups -OCH3 is 1. The minimum atomic E-state index is -0.515. The molecular weight excluding hydrogens is 403 g/mol. The summed E-state index contributed by atoms with van der Waals surface area (Å²) >= 11 is 0. The van der Waals surface area contributed by atoms with Crippen molar-refractivity contribution < 1.29 is 18.6 Å². The van der Waals surface area contributed by atoms with E-state index >= 15 is 0 Å². The summed E-state index contributed by atoms with van der Waals surface area (Å²) in [5.41, 5.74) is 1.38. The molecule has 0 radical (unpaired) electrons. The molecule has 1 fully saturated rings. The molecule has 0 bridgehead atoms. The molecule has 0 spiro atoms. The number of pyridine rings is 2. The zero-order valence-electron chi connectivity index (χ0n) is 17.4. The summed E-state index contributed by atoms with van der Waals surface area (Å²) in [5, 5.41) is 0. The molecule has 162 valence electrons. The monoisotopic (exact) mass is 426 g/mol. The van der Waals surface area contributed by atoms with Gasteiger partial charge in [-0.1, -0.05) is 0 Å². The number of aromatic nitrogens is 4. The highest BCUT2D eigenvalue weighted by Crippen LogP contribution is 2.38. The van der Waals surface area contributed by atoms with Gasteiger partial charge in [-0.3, -0.25) is 0 Å². The second-order valence-electron chi connectivity index (χ2n) is 7.49. The molecular formula is C21H23FN6O3. The molecule has 5 rings (SSSR count). The number of anilines is 3. The van der Waals surface area contributed by atoms with Crippen molar-refractivity contribution in [1.29, 1.82) is 0 Å². The summed E-state index contributed by atoms with van der Waals surface area (Å²) < 4.78 is 33.0. The van der Waals surface area contributed by atoms with E-state index in [9.17, 15) is 4.39 Å². The first kappa shape index (κ1) is 19.4. The van der Waals surface area contributed by atoms with Gasteiger partial charge in [-0.15, -0.1) is 0 Å². The van der Waals surface area contributed by atoms with Crippen LogP contribution in [0.5, 0.6) is 17.5 Å². The predicted octanol–water partition coefficient (Wildman–Crippen LogP) is 2.55. The van der Waals surface area contributed by atoms with Crippen molar-refractivity contribution >= 4 is 17.3 Å². The van der Waals surface area contributed by atoms with Crippen LogP contribution in [0.3, 0.4) is 0 Å². The van der Waals surface area contributed by atoms with Gasteiger partial charge in [0.1, 0.15) is 12.7 Å². The fourth-order valence-corrected chi connectivity index (χ4v) is 3.99. The fourth-order valence-electron chi connectivity index (χ4n) is 3.99. The van der Waals surface area contributed by atoms with Crippen molar-refractivity contribution in [2.45, 2.75) is 12.5 Å². The molecule has 0 N–H and O–H groups in total. The van der Waals surface area contributed by atoms with Gasteiger partial charge in [0.05, 0.1) is 44.0 Å². The summed E-state index contributed by atoms with van der Waals surface area (Å²) in [6.07, 6.45) is 7.83. The number of hydrogen-bond donors (Lipinski definition) is 0. The molecule has 31 heavy (non-hydrogen) atoms. The van der Waals surface area contributed by atoms with E-state index in [1.807, 2.05) is 28.8 Å². The topological polar surface area (TPSA) is 77.8 Å². The molecule has 0 amide bonds. The summed E-state index contributed by atoms with van der Waals surface area (Å²) in [6.45, 7) is 2.62. The second-order valence-corrected chi connectivity index (χ2v) is 7.49. The molecule has 0 aliphatic carbocycles. The van der Waals surface area contributed by atoms with E-state index in [4.69, 9.17) is 14.2 Å². The minimum absolute atomic E-state index is 0.000284. The number of rotatable bonds is 5. The largest absolute Gasteiger partial charge is 0.488 e. The number of ether oxygens (including phenoxy) is 3. The average Bonchev–Trinajstić information content (AvgIpc) is 3.41. The lowest BCUT2D eigenvalue weighted by atomic mass is 10.2. The van der Waals surface area contributed by atoms with Gasteiger partial charge in [-0.05, 0) is 0 Å². The number of nitrogens with zero attached hydrogens (tertiary/aromatic N) is 6. The van der Waals surface area contributed by atoms with Gasteiger partial charge in [0.25, 0.3) is 0 Å². The molecule has 9 nitrogen and oxygen atoms in total. The molecule has 3 aromatic rings. The third kappa shape index (κ3) is 3.69. The van der Waals surface area contributed by atoms with Crippen LogP contribution in [0.15, 0.2) is 36.9 Å². The Hall–Kier alpha value is -3.56. The quantitative estimate of drug-likeness (QED) is 0.616. The van der Waals surface area contributed by atoms with E-state index in [0.717, 1.165) is 31.1 Å². The molecule has 5 heterocycles. The summed E-state index contributed by atoms with van der Waals surface area (Å²) in [7, 11) is 3.37. The van der Waals surface area contributed by atoms with Gasteiger partial charge in [0.2, 0.25) is 17.7 Å². The van der Waals surface area contributed by atoms with Crippen LogP contribution in [0.4, 0.5) is 21.7 Å². The SMILES string of the molecule is COc1ncc(N2CCOc3cnc(O[C@H]4CCN(c5nccn5C)C4)cc32)cc1F. The van der Waals surface area contributed by atoms with Crippen molar-refractivity contribution in [2.24, 2.45) is 7.05 Å². The molecule has 0 aromatic carbocycles. The normalized spacial score (nSPS) is 18.0. The van der Waals surface area contributed by atoms with E-state index in [2.05, 4.69) is 19.9 Å². The van der Waals surface area contributed by atoms with E-state index in [-0.39, 0.29) is 12.0 Å². The zero-order valence-corrected chi connectivity index (χ0v) is 17.4. The first-order chi connectivity index (χ1) is 15.1. The summed E-state index contributed by atoms with van der Waals surface area (Å²) in [5.74, 6) is 1.50. The van der Waals surface area contributed by atoms with Crippen molar-refractivity contribution in [2.75, 3.05) is 43.2 Å². The number of hydrogen-bond acceptors (Lipinski definition) is 8. The van der Waals surface area contributed by atoms with E-state index in [1.54, 1.807) is 18.6 Å². The van der Waals surface area contributed by atoms with Crippen molar-refractivity contribution in [3.8, 4) is 17.5 Å². The zero-order chi connectivity index (χ0) is 21.4. The highest BCUT2D eigenvalue weighted by molar-refractivity contribution is 5.70. The number of imidazole rings is 1. The van der Waals surface area contributed by atoms with Crippen LogP contribution < -0.4 is 24.0 Å². The average molecular weight is 426 g/mol. The molecule has 2 aliphatic rings. The minimum Gasteiger partial charge on any atom is -0.488 e. The molecule has 0 unspecified atom stereocenters. The Balaban J connectivity index is 1.35. The highest BCUT2D eigenvalue weighted by Gasteiger charge is 2.28. The molecule has 1 atom stereocenters. The maximum atomic E-state index is 14.2. The van der Waals surface area contributed by atoms with Gasteiger partial charge >= 0.3 is 0 Å². The van der Waals surface area contributed by atoms with Gasteiger partial charge in [0.15, 0.2) is 11.6 Å². The Labute approximate surface area is 179 Å². The fraction of sp³-hybridized carbons (Fsp3) is 0.381. The number of aryl methyl sites for hydroxylation is 1. The second kappa shape index (κ2) is 7.93. The standard InChI is InChI=1S/C21H23FN6O3/c1-26-6-4-23-21(26)27-5-3-15(13-27)31-19-10-17-18(12-24-19)30-8-7-28(17)14-9-16(22)20(29-2)25-11-14/h4,6,9-12,15H,3,5,7-8,13H2,1-2H3/t15-/m0/s1. The van der Waals surface area contributed by atoms with Gasteiger partial charge in [0, 0.05) is 44.5 Å². The first-order valence-corrected chi connectivity index (χ1v) is 10.1. The van der Waals surface area contributed by atoms with Gasteiger partial charge in [-0.25, -0.2) is 19.3 Å². The van der Waals surface area contributed by atoms with Gasteiger partial charge < -0.3 is 28.6 Å². The van der Waals surface area contributed by atoms with Gasteiger partial charge in [-0.2, -0.15) is 0 Å². The van der Waals surface area contributed by atoms with Crippen LogP contribution in [0.2, 0.25) is 0 Å². The third-order valence-electron chi connectivity index (χ3n) is 5.49. The molecule has 10 heteroatoms. The first-order valence-electron chi connectivity index (χ1n) is 10.1. The molecule has 0 saturated carbocycles. The van der Waals surface area contributed by atoms with Crippen LogP contribution in [0, 0.1) is 5.82 Å². The predicted molar refractivity (Wildman–Crippen MR) is 112 cm³/mol. The van der Waals surface area contributed by atoms with Crippen LogP contribution in [-0.4, -0.2) is 59.0 Å². The Bertz CT molecular complexity index is 1090. The summed E-state index contributed by atoms with van der Waals surface area (Å²) in [6, 6.07) is 3.24. The van der Waals surface area contributed by atoms with Crippen molar-refractivity contribution in [1.82, 2.24) is 19.5 Å².